The van der Waals surface area contributed by atoms with Crippen LogP contribution in [0.25, 0.3) is 21.9 Å². The molecule has 9 nitrogen and oxygen atoms in total. The molecule has 40 heavy (non-hydrogen) atoms. The van der Waals surface area contributed by atoms with Crippen LogP contribution in [0.5, 0.6) is 5.75 Å². The molecule has 0 radical (unpaired) electrons. The fourth-order valence-electron chi connectivity index (χ4n) is 4.70. The van der Waals surface area contributed by atoms with Gasteiger partial charge in [-0.25, -0.2) is 4.98 Å². The average Bonchev–Trinajstić information content (AvgIpc) is 3.27. The van der Waals surface area contributed by atoms with Crippen LogP contribution in [-0.2, 0) is 19.6 Å². The Bertz CT molecular complexity index is 1520. The molecule has 0 fully saturated rings. The summed E-state index contributed by atoms with van der Waals surface area (Å²) in [5.74, 6) is 1.89. The van der Waals surface area contributed by atoms with Gasteiger partial charge in [-0.1, -0.05) is 37.6 Å². The van der Waals surface area contributed by atoms with Gasteiger partial charge in [-0.3, -0.25) is 4.98 Å². The van der Waals surface area contributed by atoms with Crippen molar-refractivity contribution in [2.24, 2.45) is 0 Å². The molecule has 0 atom stereocenters. The SMILES string of the molecule is CCCCNc1nc(N)nc2c3ccccc3n(Cc3cc(CNCc4ccncc4)ccc3OC)c12.CCO. The van der Waals surface area contributed by atoms with Crippen molar-refractivity contribution < 1.29 is 9.84 Å². The van der Waals surface area contributed by atoms with E-state index < -0.39 is 0 Å². The second kappa shape index (κ2) is 14.3. The molecule has 0 aliphatic carbocycles. The van der Waals surface area contributed by atoms with Crippen molar-refractivity contribution in [3.63, 3.8) is 0 Å². The predicted molar refractivity (Wildman–Crippen MR) is 162 cm³/mol. The summed E-state index contributed by atoms with van der Waals surface area (Å²) in [5, 5.41) is 15.7. The molecule has 0 amide bonds. The second-order valence-corrected chi connectivity index (χ2v) is 9.43. The van der Waals surface area contributed by atoms with Gasteiger partial charge in [0, 0.05) is 49.6 Å². The van der Waals surface area contributed by atoms with Crippen LogP contribution in [0.2, 0.25) is 0 Å². The van der Waals surface area contributed by atoms with Gasteiger partial charge in [-0.15, -0.1) is 0 Å². The third kappa shape index (κ3) is 6.86. The molecule has 5 N–H and O–H groups in total. The number of rotatable bonds is 11. The number of nitrogens with one attached hydrogen (secondary N) is 2. The summed E-state index contributed by atoms with van der Waals surface area (Å²) < 4.78 is 8.04. The van der Waals surface area contributed by atoms with Gasteiger partial charge < -0.3 is 30.8 Å². The Hall–Kier alpha value is -4.21. The fourth-order valence-corrected chi connectivity index (χ4v) is 4.70. The lowest BCUT2D eigenvalue weighted by Gasteiger charge is -2.15. The molecule has 3 heterocycles. The lowest BCUT2D eigenvalue weighted by molar-refractivity contribution is 0.318. The van der Waals surface area contributed by atoms with Crippen molar-refractivity contribution in [1.82, 2.24) is 24.8 Å². The number of ether oxygens (including phenoxy) is 1. The summed E-state index contributed by atoms with van der Waals surface area (Å²) in [7, 11) is 1.72. The topological polar surface area (TPSA) is 123 Å². The number of aromatic nitrogens is 4. The molecule has 0 spiro atoms. The lowest BCUT2D eigenvalue weighted by Crippen LogP contribution is -2.13. The van der Waals surface area contributed by atoms with E-state index >= 15 is 0 Å². The summed E-state index contributed by atoms with van der Waals surface area (Å²) in [4.78, 5) is 13.3. The third-order valence-electron chi connectivity index (χ3n) is 6.52. The van der Waals surface area contributed by atoms with Crippen molar-refractivity contribution in [2.45, 2.75) is 46.3 Å². The number of aliphatic hydroxyl groups is 1. The molecule has 0 aliphatic heterocycles. The number of pyridine rings is 1. The van der Waals surface area contributed by atoms with Gasteiger partial charge in [0.1, 0.15) is 16.8 Å². The first-order valence-corrected chi connectivity index (χ1v) is 13.7. The monoisotopic (exact) mass is 541 g/mol. The molecule has 0 aliphatic rings. The van der Waals surface area contributed by atoms with E-state index in [1.54, 1.807) is 14.0 Å². The quantitative estimate of drug-likeness (QED) is 0.170. The van der Waals surface area contributed by atoms with E-state index in [0.717, 1.165) is 71.5 Å². The molecule has 0 saturated heterocycles. The first kappa shape index (κ1) is 28.8. The normalized spacial score (nSPS) is 10.9. The highest BCUT2D eigenvalue weighted by molar-refractivity contribution is 6.09. The number of hydrogen-bond acceptors (Lipinski definition) is 8. The number of aliphatic hydroxyl groups excluding tert-OH is 1. The Morgan fingerprint density at radius 1 is 0.975 bits per heavy atom. The molecule has 9 heteroatoms. The van der Waals surface area contributed by atoms with Crippen LogP contribution in [0.4, 0.5) is 11.8 Å². The van der Waals surface area contributed by atoms with Crippen molar-refractivity contribution in [3.8, 4) is 5.75 Å². The smallest absolute Gasteiger partial charge is 0.222 e. The third-order valence-corrected chi connectivity index (χ3v) is 6.52. The number of nitrogens with two attached hydrogens (primary N) is 1. The van der Waals surface area contributed by atoms with E-state index in [0.29, 0.717) is 6.54 Å². The summed E-state index contributed by atoms with van der Waals surface area (Å²) in [6.07, 6.45) is 5.78. The molecule has 0 bridgehead atoms. The van der Waals surface area contributed by atoms with Gasteiger partial charge in [-0.2, -0.15) is 4.98 Å². The number of nitrogens with zero attached hydrogens (tertiary/aromatic N) is 4. The van der Waals surface area contributed by atoms with Gasteiger partial charge in [-0.05, 0) is 54.8 Å². The van der Waals surface area contributed by atoms with E-state index in [4.69, 9.17) is 15.6 Å². The van der Waals surface area contributed by atoms with Gasteiger partial charge >= 0.3 is 0 Å². The number of anilines is 2. The standard InChI is InChI=1S/C29H33N7O.C2H6O/c1-3-4-13-33-28-27-26(34-29(30)35-28)23-7-5-6-8-24(23)36(27)19-22-16-21(9-10-25(22)37-2)18-32-17-20-11-14-31-15-12-20;1-2-3/h5-12,14-16,32H,3-4,13,17-19H2,1-2H3,(H3,30,33,34,35);3H,2H2,1H3. The molecule has 0 saturated carbocycles. The maximum Gasteiger partial charge on any atom is 0.222 e. The Labute approximate surface area is 235 Å². The highest BCUT2D eigenvalue weighted by Crippen LogP contribution is 2.34. The van der Waals surface area contributed by atoms with Crippen LogP contribution >= 0.6 is 0 Å². The molecule has 5 rings (SSSR count). The van der Waals surface area contributed by atoms with Crippen LogP contribution in [0, 0.1) is 0 Å². The zero-order valence-corrected chi connectivity index (χ0v) is 23.5. The van der Waals surface area contributed by atoms with Crippen LogP contribution < -0.4 is 21.1 Å². The van der Waals surface area contributed by atoms with Crippen LogP contribution in [0.15, 0.2) is 67.0 Å². The van der Waals surface area contributed by atoms with Gasteiger partial charge in [0.15, 0.2) is 5.82 Å². The highest BCUT2D eigenvalue weighted by atomic mass is 16.5. The van der Waals surface area contributed by atoms with Gasteiger partial charge in [0.2, 0.25) is 5.95 Å². The van der Waals surface area contributed by atoms with Crippen molar-refractivity contribution >= 4 is 33.7 Å². The van der Waals surface area contributed by atoms with E-state index in [-0.39, 0.29) is 12.6 Å². The lowest BCUT2D eigenvalue weighted by atomic mass is 10.1. The summed E-state index contributed by atoms with van der Waals surface area (Å²) in [5.41, 5.74) is 12.5. The summed E-state index contributed by atoms with van der Waals surface area (Å²) in [6, 6.07) is 18.7. The number of unbranched alkanes of at least 4 members (excludes halogenated alkanes) is 1. The minimum Gasteiger partial charge on any atom is -0.496 e. The number of methoxy groups -OCH3 is 1. The van der Waals surface area contributed by atoms with Crippen LogP contribution in [0.3, 0.4) is 0 Å². The first-order valence-electron chi connectivity index (χ1n) is 13.7. The Morgan fingerprint density at radius 2 is 1.73 bits per heavy atom. The van der Waals surface area contributed by atoms with E-state index in [1.807, 2.05) is 36.7 Å². The predicted octanol–water partition coefficient (Wildman–Crippen LogP) is 5.12. The summed E-state index contributed by atoms with van der Waals surface area (Å²) >= 11 is 0. The Morgan fingerprint density at radius 3 is 2.48 bits per heavy atom. The Balaban J connectivity index is 0.00000118. The maximum atomic E-state index is 7.57. The molecule has 3 aromatic heterocycles. The Kier molecular flexibility index (Phi) is 10.3. The zero-order valence-electron chi connectivity index (χ0n) is 23.5. The minimum atomic E-state index is 0.250. The molecule has 210 valence electrons. The fraction of sp³-hybridized carbons (Fsp3) is 0.323. The summed E-state index contributed by atoms with van der Waals surface area (Å²) in [6.45, 7) is 7.07. The molecule has 2 aromatic carbocycles. The highest BCUT2D eigenvalue weighted by Gasteiger charge is 2.19. The van der Waals surface area contributed by atoms with E-state index in [1.165, 1.54) is 11.1 Å². The number of para-hydroxylation sites is 1. The van der Waals surface area contributed by atoms with Crippen LogP contribution in [0.1, 0.15) is 43.4 Å². The van der Waals surface area contributed by atoms with Crippen LogP contribution in [-0.4, -0.2) is 44.9 Å². The second-order valence-electron chi connectivity index (χ2n) is 9.43. The molecule has 5 aromatic rings. The van der Waals surface area contributed by atoms with E-state index in [9.17, 15) is 0 Å². The molecular formula is C31H39N7O2. The number of hydrogen-bond donors (Lipinski definition) is 4. The van der Waals surface area contributed by atoms with E-state index in [2.05, 4.69) is 67.4 Å². The molecular weight excluding hydrogens is 502 g/mol. The number of nitrogen functional groups attached to an aromatic ring is 1. The van der Waals surface area contributed by atoms with Crippen molar-refractivity contribution in [2.75, 3.05) is 31.3 Å². The van der Waals surface area contributed by atoms with Gasteiger partial charge in [0.25, 0.3) is 0 Å². The first-order chi connectivity index (χ1) is 19.6. The van der Waals surface area contributed by atoms with Crippen molar-refractivity contribution in [3.05, 3.63) is 83.7 Å². The van der Waals surface area contributed by atoms with Crippen molar-refractivity contribution in [1.29, 1.82) is 0 Å². The number of benzene rings is 2. The maximum absolute atomic E-state index is 7.57. The molecule has 0 unspecified atom stereocenters. The van der Waals surface area contributed by atoms with Gasteiger partial charge in [0.05, 0.1) is 19.2 Å². The average molecular weight is 542 g/mol. The number of fused-ring (bicyclic) bond motifs is 3. The zero-order chi connectivity index (χ0) is 28.3. The minimum absolute atomic E-state index is 0.250. The largest absolute Gasteiger partial charge is 0.496 e.